The Morgan fingerprint density at radius 3 is 2.30 bits per heavy atom. The second-order valence-corrected chi connectivity index (χ2v) is 12.6. The van der Waals surface area contributed by atoms with Crippen LogP contribution >= 0.6 is 0 Å². The fraction of sp³-hybridized carbons (Fsp3) is 0.765. The fourth-order valence-electron chi connectivity index (χ4n) is 5.82. The first-order valence-electron chi connectivity index (χ1n) is 16.1. The van der Waals surface area contributed by atoms with Crippen molar-refractivity contribution in [2.75, 3.05) is 20.8 Å². The molecule has 3 N–H and O–H groups in total. The van der Waals surface area contributed by atoms with Crippen molar-refractivity contribution in [2.45, 2.75) is 136 Å². The van der Waals surface area contributed by atoms with Gasteiger partial charge in [-0.2, -0.15) is 0 Å². The van der Waals surface area contributed by atoms with E-state index in [1.165, 1.54) is 5.57 Å². The number of allylic oxidation sites excluding steroid dienone is 4. The number of ketones is 2. The van der Waals surface area contributed by atoms with E-state index in [4.69, 9.17) is 9.47 Å². The molecule has 10 heteroatoms. The van der Waals surface area contributed by atoms with Crippen LogP contribution in [0.3, 0.4) is 0 Å². The third-order valence-electron chi connectivity index (χ3n) is 8.90. The van der Waals surface area contributed by atoms with Crippen LogP contribution in [0.1, 0.15) is 112 Å². The van der Waals surface area contributed by atoms with Crippen LogP contribution in [0.15, 0.2) is 23.3 Å². The molecular weight excluding hydrogens is 566 g/mol. The predicted octanol–water partition coefficient (Wildman–Crippen LogP) is 5.00. The summed E-state index contributed by atoms with van der Waals surface area (Å²) in [5.41, 5.74) is 2.34. The van der Waals surface area contributed by atoms with E-state index in [-0.39, 0.29) is 37.7 Å². The van der Waals surface area contributed by atoms with Crippen molar-refractivity contribution >= 4 is 23.4 Å². The lowest BCUT2D eigenvalue weighted by Gasteiger charge is -2.37. The fourth-order valence-corrected chi connectivity index (χ4v) is 5.82. The summed E-state index contributed by atoms with van der Waals surface area (Å²) in [6, 6.07) is -1.10. The van der Waals surface area contributed by atoms with Gasteiger partial charge in [0, 0.05) is 39.5 Å². The Kier molecular flexibility index (Phi) is 17.9. The number of Topliss-reactive ketones (excluding diaryl/α,β-unsaturated/α-hetero) is 2. The molecule has 1 heterocycles. The second-order valence-electron chi connectivity index (χ2n) is 12.6. The van der Waals surface area contributed by atoms with Gasteiger partial charge in [0.2, 0.25) is 5.79 Å². The number of nitrogens with zero attached hydrogens (tertiary/aromatic N) is 1. The van der Waals surface area contributed by atoms with Gasteiger partial charge in [-0.05, 0) is 78.1 Å². The van der Waals surface area contributed by atoms with E-state index in [9.17, 15) is 34.5 Å². The molecule has 1 aliphatic rings. The summed E-state index contributed by atoms with van der Waals surface area (Å²) < 4.78 is 10.8. The lowest BCUT2D eigenvalue weighted by molar-refractivity contribution is -0.220. The summed E-state index contributed by atoms with van der Waals surface area (Å²) in [7, 11) is 2.72. The first-order valence-corrected chi connectivity index (χ1v) is 16.1. The van der Waals surface area contributed by atoms with Crippen molar-refractivity contribution in [2.24, 2.45) is 11.8 Å². The molecule has 0 aliphatic carbocycles. The minimum Gasteiger partial charge on any atom is -0.480 e. The number of carbonyl (C=O) groups excluding carboxylic acids is 3. The van der Waals surface area contributed by atoms with E-state index in [0.717, 1.165) is 43.3 Å². The SMILES string of the molecule is C/C=C(\C)CCC(O)CC(=O)C/C=C(\C)CC(C)CCCC(CC(C)C(O)(OC)C(=O)C(=O)N1CCCCC1C(=O)O)OC. The molecule has 0 spiro atoms. The van der Waals surface area contributed by atoms with E-state index in [1.54, 1.807) is 14.0 Å². The summed E-state index contributed by atoms with van der Waals surface area (Å²) in [6.45, 7) is 9.90. The summed E-state index contributed by atoms with van der Waals surface area (Å²) in [5.74, 6) is -6.16. The first kappa shape index (κ1) is 39.6. The number of piperidine rings is 1. The lowest BCUT2D eigenvalue weighted by atomic mass is 9.87. The summed E-state index contributed by atoms with van der Waals surface area (Å²) in [6.07, 6.45) is 9.96. The van der Waals surface area contributed by atoms with E-state index < -0.39 is 41.5 Å². The molecule has 1 fully saturated rings. The first-order chi connectivity index (χ1) is 20.7. The van der Waals surface area contributed by atoms with Gasteiger partial charge >= 0.3 is 5.97 Å². The molecule has 1 saturated heterocycles. The molecule has 0 radical (unpaired) electrons. The van der Waals surface area contributed by atoms with Crippen molar-refractivity contribution in [1.29, 1.82) is 0 Å². The number of carboxylic acid groups (broad SMARTS) is 1. The molecule has 6 unspecified atom stereocenters. The van der Waals surface area contributed by atoms with Gasteiger partial charge < -0.3 is 29.7 Å². The van der Waals surface area contributed by atoms with Crippen molar-refractivity contribution in [1.82, 2.24) is 4.90 Å². The van der Waals surface area contributed by atoms with Gasteiger partial charge in [-0.15, -0.1) is 0 Å². The molecule has 0 aromatic carbocycles. The number of aliphatic carboxylic acids is 1. The molecule has 0 bridgehead atoms. The van der Waals surface area contributed by atoms with Crippen LogP contribution in [-0.2, 0) is 28.7 Å². The molecule has 10 nitrogen and oxygen atoms in total. The van der Waals surface area contributed by atoms with Gasteiger partial charge in [-0.3, -0.25) is 14.4 Å². The predicted molar refractivity (Wildman–Crippen MR) is 169 cm³/mol. The van der Waals surface area contributed by atoms with Crippen LogP contribution in [0, 0.1) is 11.8 Å². The highest BCUT2D eigenvalue weighted by molar-refractivity contribution is 6.39. The van der Waals surface area contributed by atoms with Gasteiger partial charge in [-0.1, -0.05) is 50.0 Å². The summed E-state index contributed by atoms with van der Waals surface area (Å²) >= 11 is 0. The second kappa shape index (κ2) is 19.9. The zero-order valence-electron chi connectivity index (χ0n) is 28.0. The molecule has 1 amide bonds. The van der Waals surface area contributed by atoms with Crippen molar-refractivity contribution in [3.05, 3.63) is 23.3 Å². The van der Waals surface area contributed by atoms with Gasteiger partial charge in [0.1, 0.15) is 11.8 Å². The van der Waals surface area contributed by atoms with Crippen LogP contribution in [0.4, 0.5) is 0 Å². The standard InChI is InChI=1S/C34H57NO9/c1-8-23(2)15-17-27(36)22-28(37)18-16-25(4)20-24(3)12-11-13-29(43-6)21-26(5)34(42,44-7)31(38)32(39)35-19-10-9-14-30(35)33(40)41/h8,16,24,26-27,29-30,36,42H,9-15,17-22H2,1-7H3,(H,40,41)/b23-8+,25-16+. The van der Waals surface area contributed by atoms with Crippen molar-refractivity contribution in [3.8, 4) is 0 Å². The molecule has 0 aromatic rings. The maximum atomic E-state index is 13.2. The Bertz CT molecular complexity index is 1010. The van der Waals surface area contributed by atoms with Gasteiger partial charge in [-0.25, -0.2) is 4.79 Å². The van der Waals surface area contributed by atoms with Gasteiger partial charge in [0.05, 0.1) is 12.2 Å². The molecule has 0 aromatic heterocycles. The van der Waals surface area contributed by atoms with Crippen LogP contribution in [0.25, 0.3) is 0 Å². The lowest BCUT2D eigenvalue weighted by Crippen LogP contribution is -2.58. The molecule has 6 atom stereocenters. The average Bonchev–Trinajstić information content (AvgIpc) is 3.00. The Morgan fingerprint density at radius 1 is 1.02 bits per heavy atom. The van der Waals surface area contributed by atoms with E-state index in [0.29, 0.717) is 38.0 Å². The van der Waals surface area contributed by atoms with Crippen LogP contribution in [0.2, 0.25) is 0 Å². The van der Waals surface area contributed by atoms with Crippen molar-refractivity contribution < 1.29 is 44.0 Å². The van der Waals surface area contributed by atoms with Gasteiger partial charge in [0.25, 0.3) is 11.7 Å². The Balaban J connectivity index is 2.59. The minimum absolute atomic E-state index is 0.0357. The van der Waals surface area contributed by atoms with Crippen LogP contribution in [-0.4, -0.2) is 88.5 Å². The molecule has 1 rings (SSSR count). The number of carboxylic acids is 1. The Morgan fingerprint density at radius 2 is 1.70 bits per heavy atom. The zero-order valence-corrected chi connectivity index (χ0v) is 28.0. The highest BCUT2D eigenvalue weighted by atomic mass is 16.6. The largest absolute Gasteiger partial charge is 0.480 e. The highest BCUT2D eigenvalue weighted by Gasteiger charge is 2.49. The number of rotatable bonds is 21. The number of methoxy groups -OCH3 is 2. The molecular formula is C34H57NO9. The number of amides is 1. The molecule has 1 aliphatic heterocycles. The van der Waals surface area contributed by atoms with Gasteiger partial charge in [0.15, 0.2) is 0 Å². The normalized spacial score (nSPS) is 20.4. The van der Waals surface area contributed by atoms with E-state index in [2.05, 4.69) is 6.92 Å². The number of carbonyl (C=O) groups is 4. The number of hydrogen-bond acceptors (Lipinski definition) is 8. The number of aliphatic hydroxyl groups excluding tert-OH is 1. The summed E-state index contributed by atoms with van der Waals surface area (Å²) in [4.78, 5) is 51.1. The smallest absolute Gasteiger partial charge is 0.326 e. The maximum Gasteiger partial charge on any atom is 0.326 e. The van der Waals surface area contributed by atoms with Crippen LogP contribution in [0.5, 0.6) is 0 Å². The average molecular weight is 624 g/mol. The molecule has 252 valence electrons. The third-order valence-corrected chi connectivity index (χ3v) is 8.90. The maximum absolute atomic E-state index is 13.2. The highest BCUT2D eigenvalue weighted by Crippen LogP contribution is 2.29. The quantitative estimate of drug-likeness (QED) is 0.0912. The molecule has 0 saturated carbocycles. The number of aliphatic hydroxyl groups is 2. The molecule has 44 heavy (non-hydrogen) atoms. The topological polar surface area (TPSA) is 151 Å². The Hall–Kier alpha value is -2.40. The minimum atomic E-state index is -2.40. The van der Waals surface area contributed by atoms with Crippen molar-refractivity contribution in [3.63, 3.8) is 0 Å². The number of hydrogen-bond donors (Lipinski definition) is 3. The zero-order chi connectivity index (χ0) is 33.4. The third kappa shape index (κ3) is 12.9. The van der Waals surface area contributed by atoms with E-state index in [1.807, 2.05) is 32.9 Å². The summed E-state index contributed by atoms with van der Waals surface area (Å²) in [5, 5.41) is 30.8. The monoisotopic (exact) mass is 623 g/mol. The number of likely N-dealkylation sites (tertiary alicyclic amines) is 1. The van der Waals surface area contributed by atoms with E-state index >= 15 is 0 Å². The Labute approximate surface area is 263 Å². The number of ether oxygens (including phenoxy) is 2. The van der Waals surface area contributed by atoms with Crippen LogP contribution < -0.4 is 0 Å².